The van der Waals surface area contributed by atoms with Gasteiger partial charge in [-0.05, 0) is 38.1 Å². The zero-order chi connectivity index (χ0) is 14.0. The van der Waals surface area contributed by atoms with Gasteiger partial charge in [0.05, 0.1) is 4.90 Å². The Morgan fingerprint density at radius 3 is 2.17 bits per heavy atom. The molecule has 1 aromatic rings. The van der Waals surface area contributed by atoms with E-state index in [0.29, 0.717) is 12.1 Å². The molecule has 0 saturated heterocycles. The molecule has 100 valence electrons. The van der Waals surface area contributed by atoms with E-state index in [2.05, 4.69) is 5.32 Å². The lowest BCUT2D eigenvalue weighted by Crippen LogP contribution is -2.45. The molecule has 6 nitrogen and oxygen atoms in total. The summed E-state index contributed by atoms with van der Waals surface area (Å²) in [6.07, 6.45) is 0. The van der Waals surface area contributed by atoms with Gasteiger partial charge < -0.3 is 11.1 Å². The van der Waals surface area contributed by atoms with Gasteiger partial charge in [0.1, 0.15) is 0 Å². The first-order valence-corrected chi connectivity index (χ1v) is 6.84. The Labute approximate surface area is 106 Å². The molecular weight excluding hydrogens is 254 g/mol. The van der Waals surface area contributed by atoms with E-state index in [-0.39, 0.29) is 10.8 Å². The SMILES string of the molecule is CC(C)(N)CNC(=O)c1ccc(S(N)(=O)=O)cc1. The van der Waals surface area contributed by atoms with E-state index >= 15 is 0 Å². The molecule has 0 aliphatic carbocycles. The Kier molecular flexibility index (Phi) is 4.10. The minimum Gasteiger partial charge on any atom is -0.350 e. The van der Waals surface area contributed by atoms with Gasteiger partial charge in [-0.15, -0.1) is 0 Å². The van der Waals surface area contributed by atoms with Crippen LogP contribution < -0.4 is 16.2 Å². The van der Waals surface area contributed by atoms with Crippen LogP contribution in [0.4, 0.5) is 0 Å². The number of sulfonamides is 1. The van der Waals surface area contributed by atoms with Crippen LogP contribution in [0.1, 0.15) is 24.2 Å². The number of hydrogen-bond donors (Lipinski definition) is 3. The highest BCUT2D eigenvalue weighted by atomic mass is 32.2. The summed E-state index contributed by atoms with van der Waals surface area (Å²) in [6, 6.07) is 5.38. The van der Waals surface area contributed by atoms with Crippen molar-refractivity contribution in [1.29, 1.82) is 0 Å². The molecule has 0 fully saturated rings. The first-order chi connectivity index (χ1) is 8.09. The van der Waals surface area contributed by atoms with E-state index in [0.717, 1.165) is 0 Å². The Balaban J connectivity index is 2.77. The van der Waals surface area contributed by atoms with E-state index in [1.807, 2.05) is 0 Å². The number of primary sulfonamides is 1. The molecule has 5 N–H and O–H groups in total. The largest absolute Gasteiger partial charge is 0.350 e. The van der Waals surface area contributed by atoms with Crippen molar-refractivity contribution in [3.63, 3.8) is 0 Å². The van der Waals surface area contributed by atoms with Gasteiger partial charge in [-0.25, -0.2) is 13.6 Å². The molecule has 0 aromatic heterocycles. The van der Waals surface area contributed by atoms with Gasteiger partial charge in [-0.2, -0.15) is 0 Å². The predicted molar refractivity (Wildman–Crippen MR) is 68.4 cm³/mol. The lowest BCUT2D eigenvalue weighted by molar-refractivity contribution is 0.0946. The molecule has 0 unspecified atom stereocenters. The number of carbonyl (C=O) groups excluding carboxylic acids is 1. The van der Waals surface area contributed by atoms with Crippen molar-refractivity contribution in [2.45, 2.75) is 24.3 Å². The van der Waals surface area contributed by atoms with E-state index in [4.69, 9.17) is 10.9 Å². The molecular formula is C11H17N3O3S. The highest BCUT2D eigenvalue weighted by molar-refractivity contribution is 7.89. The maximum absolute atomic E-state index is 11.7. The van der Waals surface area contributed by atoms with Crippen molar-refractivity contribution in [2.75, 3.05) is 6.54 Å². The molecule has 0 atom stereocenters. The first-order valence-electron chi connectivity index (χ1n) is 5.29. The van der Waals surface area contributed by atoms with Crippen LogP contribution >= 0.6 is 0 Å². The zero-order valence-corrected chi connectivity index (χ0v) is 11.1. The highest BCUT2D eigenvalue weighted by Gasteiger charge is 2.14. The minimum atomic E-state index is -3.73. The van der Waals surface area contributed by atoms with Gasteiger partial charge in [0.25, 0.3) is 5.91 Å². The molecule has 0 saturated carbocycles. The van der Waals surface area contributed by atoms with Gasteiger partial charge in [0, 0.05) is 17.6 Å². The summed E-state index contributed by atoms with van der Waals surface area (Å²) >= 11 is 0. The van der Waals surface area contributed by atoms with Crippen LogP contribution in [0.15, 0.2) is 29.2 Å². The lowest BCUT2D eigenvalue weighted by atomic mass is 10.1. The Hall–Kier alpha value is -1.44. The summed E-state index contributed by atoms with van der Waals surface area (Å²) < 4.78 is 22.1. The predicted octanol–water partition coefficient (Wildman–Crippen LogP) is -0.199. The summed E-state index contributed by atoms with van der Waals surface area (Å²) in [5.41, 5.74) is 5.58. The van der Waals surface area contributed by atoms with E-state index in [9.17, 15) is 13.2 Å². The fraction of sp³-hybridized carbons (Fsp3) is 0.364. The van der Waals surface area contributed by atoms with Crippen molar-refractivity contribution in [3.05, 3.63) is 29.8 Å². The fourth-order valence-corrected chi connectivity index (χ4v) is 1.72. The summed E-state index contributed by atoms with van der Waals surface area (Å²) in [5, 5.41) is 7.61. The van der Waals surface area contributed by atoms with Crippen molar-refractivity contribution in [2.24, 2.45) is 10.9 Å². The van der Waals surface area contributed by atoms with Crippen LogP contribution in [0.2, 0.25) is 0 Å². The van der Waals surface area contributed by atoms with Gasteiger partial charge in [0.2, 0.25) is 10.0 Å². The molecule has 18 heavy (non-hydrogen) atoms. The second kappa shape index (κ2) is 5.05. The van der Waals surface area contributed by atoms with Gasteiger partial charge in [0.15, 0.2) is 0 Å². The number of carbonyl (C=O) groups is 1. The van der Waals surface area contributed by atoms with Crippen molar-refractivity contribution in [3.8, 4) is 0 Å². The van der Waals surface area contributed by atoms with Crippen LogP contribution in [-0.4, -0.2) is 26.4 Å². The molecule has 0 radical (unpaired) electrons. The molecule has 0 bridgehead atoms. The number of nitrogens with one attached hydrogen (secondary N) is 1. The van der Waals surface area contributed by atoms with Crippen LogP contribution in [0.25, 0.3) is 0 Å². The highest BCUT2D eigenvalue weighted by Crippen LogP contribution is 2.08. The average Bonchev–Trinajstić information content (AvgIpc) is 2.24. The number of benzene rings is 1. The fourth-order valence-electron chi connectivity index (χ4n) is 1.21. The van der Waals surface area contributed by atoms with Crippen molar-refractivity contribution >= 4 is 15.9 Å². The van der Waals surface area contributed by atoms with Crippen LogP contribution in [-0.2, 0) is 10.0 Å². The zero-order valence-electron chi connectivity index (χ0n) is 10.3. The number of hydrogen-bond acceptors (Lipinski definition) is 4. The van der Waals surface area contributed by atoms with Crippen molar-refractivity contribution in [1.82, 2.24) is 5.32 Å². The standard InChI is InChI=1S/C11H17N3O3S/c1-11(2,12)7-14-10(15)8-3-5-9(6-4-8)18(13,16)17/h3-6H,7,12H2,1-2H3,(H,14,15)(H2,13,16,17). The van der Waals surface area contributed by atoms with Gasteiger partial charge in [-0.3, -0.25) is 4.79 Å². The first kappa shape index (κ1) is 14.6. The molecule has 7 heteroatoms. The summed E-state index contributed by atoms with van der Waals surface area (Å²) in [7, 11) is -3.73. The maximum atomic E-state index is 11.7. The second-order valence-electron chi connectivity index (χ2n) is 4.74. The number of nitrogens with two attached hydrogens (primary N) is 2. The van der Waals surface area contributed by atoms with Crippen molar-refractivity contribution < 1.29 is 13.2 Å². The third-order valence-corrected chi connectivity index (χ3v) is 3.08. The Morgan fingerprint density at radius 1 is 1.28 bits per heavy atom. The van der Waals surface area contributed by atoms with Crippen LogP contribution in [0.3, 0.4) is 0 Å². The molecule has 0 heterocycles. The van der Waals surface area contributed by atoms with Gasteiger partial charge >= 0.3 is 0 Å². The smallest absolute Gasteiger partial charge is 0.251 e. The quantitative estimate of drug-likeness (QED) is 0.703. The van der Waals surface area contributed by atoms with Crippen LogP contribution in [0, 0.1) is 0 Å². The minimum absolute atomic E-state index is 0.0294. The summed E-state index contributed by atoms with van der Waals surface area (Å²) in [5.74, 6) is -0.311. The maximum Gasteiger partial charge on any atom is 0.251 e. The normalized spacial score (nSPS) is 12.2. The third kappa shape index (κ3) is 4.44. The Morgan fingerprint density at radius 2 is 1.78 bits per heavy atom. The lowest BCUT2D eigenvalue weighted by Gasteiger charge is -2.18. The van der Waals surface area contributed by atoms with Crippen LogP contribution in [0.5, 0.6) is 0 Å². The average molecular weight is 271 g/mol. The number of rotatable bonds is 4. The van der Waals surface area contributed by atoms with Gasteiger partial charge in [-0.1, -0.05) is 0 Å². The molecule has 1 amide bonds. The Bertz CT molecular complexity index is 530. The molecule has 0 aliphatic rings. The second-order valence-corrected chi connectivity index (χ2v) is 6.30. The summed E-state index contributed by atoms with van der Waals surface area (Å²) in [6.45, 7) is 3.90. The molecule has 0 aliphatic heterocycles. The third-order valence-electron chi connectivity index (χ3n) is 2.15. The molecule has 1 rings (SSSR count). The van der Waals surface area contributed by atoms with E-state index < -0.39 is 15.6 Å². The topological polar surface area (TPSA) is 115 Å². The molecule has 1 aromatic carbocycles. The van der Waals surface area contributed by atoms with E-state index in [1.54, 1.807) is 13.8 Å². The summed E-state index contributed by atoms with van der Waals surface area (Å²) in [4.78, 5) is 11.7. The van der Waals surface area contributed by atoms with E-state index in [1.165, 1.54) is 24.3 Å². The monoisotopic (exact) mass is 271 g/mol. The molecule has 0 spiro atoms. The number of amides is 1.